The third-order valence-corrected chi connectivity index (χ3v) is 4.43. The maximum atomic E-state index is 13.2. The maximum Gasteiger partial charge on any atom is 0.254 e. The maximum absolute atomic E-state index is 13.2. The van der Waals surface area contributed by atoms with Gasteiger partial charge in [-0.25, -0.2) is 0 Å². The molecule has 3 rings (SSSR count). The fourth-order valence-electron chi connectivity index (χ4n) is 2.88. The Morgan fingerprint density at radius 2 is 1.66 bits per heavy atom. The van der Waals surface area contributed by atoms with Crippen molar-refractivity contribution in [1.29, 1.82) is 0 Å². The van der Waals surface area contributed by atoms with E-state index < -0.39 is 0 Å². The molecule has 29 heavy (non-hydrogen) atoms. The number of hydrogen-bond donors (Lipinski definition) is 0. The molecule has 0 unspecified atom stereocenters. The van der Waals surface area contributed by atoms with Crippen molar-refractivity contribution >= 4 is 5.91 Å². The highest BCUT2D eigenvalue weighted by Gasteiger charge is 2.18. The standard InChI is InChI=1S/C24H27NO4/c1-18(2)17-29-22-12-8-20(9-13-22)24(26)25(16-23-5-4-14-28-23)15-19-6-10-21(27-3)11-7-19/h4-14,18H,15-17H2,1-3H3. The number of furan rings is 1. The highest BCUT2D eigenvalue weighted by Crippen LogP contribution is 2.19. The second kappa shape index (κ2) is 9.82. The molecule has 0 N–H and O–H groups in total. The molecule has 1 amide bonds. The van der Waals surface area contributed by atoms with E-state index in [0.717, 1.165) is 22.8 Å². The first kappa shape index (κ1) is 20.5. The zero-order valence-corrected chi connectivity index (χ0v) is 17.1. The highest BCUT2D eigenvalue weighted by atomic mass is 16.5. The van der Waals surface area contributed by atoms with Gasteiger partial charge in [0.25, 0.3) is 5.91 Å². The molecule has 5 heteroatoms. The minimum absolute atomic E-state index is 0.0624. The molecule has 3 aromatic rings. The van der Waals surface area contributed by atoms with Gasteiger partial charge in [-0.3, -0.25) is 4.79 Å². The summed E-state index contributed by atoms with van der Waals surface area (Å²) >= 11 is 0. The van der Waals surface area contributed by atoms with Crippen LogP contribution in [0.3, 0.4) is 0 Å². The molecule has 0 atom stereocenters. The van der Waals surface area contributed by atoms with Crippen molar-refractivity contribution in [2.75, 3.05) is 13.7 Å². The number of methoxy groups -OCH3 is 1. The average Bonchev–Trinajstić information content (AvgIpc) is 3.25. The average molecular weight is 393 g/mol. The van der Waals surface area contributed by atoms with Gasteiger partial charge < -0.3 is 18.8 Å². The normalized spacial score (nSPS) is 10.8. The van der Waals surface area contributed by atoms with Crippen LogP contribution in [0.15, 0.2) is 71.3 Å². The lowest BCUT2D eigenvalue weighted by Crippen LogP contribution is -2.30. The fraction of sp³-hybridized carbons (Fsp3) is 0.292. The topological polar surface area (TPSA) is 51.9 Å². The number of ether oxygens (including phenoxy) is 2. The molecular weight excluding hydrogens is 366 g/mol. The van der Waals surface area contributed by atoms with E-state index in [1.54, 1.807) is 30.4 Å². The van der Waals surface area contributed by atoms with Crippen molar-refractivity contribution < 1.29 is 18.7 Å². The van der Waals surface area contributed by atoms with Crippen molar-refractivity contribution in [3.8, 4) is 11.5 Å². The van der Waals surface area contributed by atoms with Crippen LogP contribution in [-0.4, -0.2) is 24.5 Å². The van der Waals surface area contributed by atoms with E-state index in [2.05, 4.69) is 13.8 Å². The molecule has 0 aliphatic carbocycles. The Kier molecular flexibility index (Phi) is 6.95. The van der Waals surface area contributed by atoms with E-state index in [4.69, 9.17) is 13.9 Å². The van der Waals surface area contributed by atoms with E-state index in [1.807, 2.05) is 48.5 Å². The first-order chi connectivity index (χ1) is 14.0. The summed E-state index contributed by atoms with van der Waals surface area (Å²) in [4.78, 5) is 15.0. The largest absolute Gasteiger partial charge is 0.497 e. The summed E-state index contributed by atoms with van der Waals surface area (Å²) in [5, 5.41) is 0. The van der Waals surface area contributed by atoms with Gasteiger partial charge in [0.15, 0.2) is 0 Å². The van der Waals surface area contributed by atoms with Crippen LogP contribution in [0.2, 0.25) is 0 Å². The Morgan fingerprint density at radius 1 is 0.966 bits per heavy atom. The molecule has 0 saturated carbocycles. The van der Waals surface area contributed by atoms with Crippen molar-refractivity contribution in [2.45, 2.75) is 26.9 Å². The quantitative estimate of drug-likeness (QED) is 0.503. The molecule has 0 spiro atoms. The zero-order valence-electron chi connectivity index (χ0n) is 17.1. The third-order valence-electron chi connectivity index (χ3n) is 4.43. The molecule has 1 heterocycles. The molecule has 0 radical (unpaired) electrons. The number of carbonyl (C=O) groups is 1. The Balaban J connectivity index is 1.76. The van der Waals surface area contributed by atoms with Crippen LogP contribution in [0, 0.1) is 5.92 Å². The van der Waals surface area contributed by atoms with E-state index in [-0.39, 0.29) is 5.91 Å². The Morgan fingerprint density at radius 3 is 2.24 bits per heavy atom. The molecule has 0 aliphatic rings. The van der Waals surface area contributed by atoms with Gasteiger partial charge in [0, 0.05) is 12.1 Å². The number of nitrogens with zero attached hydrogens (tertiary/aromatic N) is 1. The lowest BCUT2D eigenvalue weighted by atomic mass is 10.1. The van der Waals surface area contributed by atoms with E-state index >= 15 is 0 Å². The van der Waals surface area contributed by atoms with Gasteiger partial charge in [-0.15, -0.1) is 0 Å². The summed E-state index contributed by atoms with van der Waals surface area (Å²) < 4.78 is 16.4. The summed E-state index contributed by atoms with van der Waals surface area (Å²) in [6, 6.07) is 18.7. The van der Waals surface area contributed by atoms with E-state index in [9.17, 15) is 4.79 Å². The summed E-state index contributed by atoms with van der Waals surface area (Å²) in [5.41, 5.74) is 1.63. The second-order valence-corrected chi connectivity index (χ2v) is 7.32. The third kappa shape index (κ3) is 5.88. The molecule has 5 nitrogen and oxygen atoms in total. The van der Waals surface area contributed by atoms with E-state index in [1.165, 1.54) is 0 Å². The van der Waals surface area contributed by atoms with Crippen LogP contribution in [0.25, 0.3) is 0 Å². The molecular formula is C24H27NO4. The van der Waals surface area contributed by atoms with Crippen molar-refractivity contribution in [1.82, 2.24) is 4.90 Å². The fourth-order valence-corrected chi connectivity index (χ4v) is 2.88. The minimum Gasteiger partial charge on any atom is -0.497 e. The summed E-state index contributed by atoms with van der Waals surface area (Å²) in [6.45, 7) is 5.71. The molecule has 0 aliphatic heterocycles. The monoisotopic (exact) mass is 393 g/mol. The van der Waals surface area contributed by atoms with Crippen molar-refractivity contribution in [3.05, 3.63) is 83.8 Å². The van der Waals surface area contributed by atoms with Crippen LogP contribution >= 0.6 is 0 Å². The second-order valence-electron chi connectivity index (χ2n) is 7.32. The van der Waals surface area contributed by atoms with Crippen LogP contribution < -0.4 is 9.47 Å². The number of carbonyl (C=O) groups excluding carboxylic acids is 1. The van der Waals surface area contributed by atoms with Gasteiger partial charge in [0.2, 0.25) is 0 Å². The molecule has 0 fully saturated rings. The highest BCUT2D eigenvalue weighted by molar-refractivity contribution is 5.94. The van der Waals surface area contributed by atoms with Gasteiger partial charge in [0.1, 0.15) is 17.3 Å². The van der Waals surface area contributed by atoms with Gasteiger partial charge >= 0.3 is 0 Å². The van der Waals surface area contributed by atoms with Crippen LogP contribution in [-0.2, 0) is 13.1 Å². The predicted octanol–water partition coefficient (Wildman–Crippen LogP) is 5.17. The Hall–Kier alpha value is -3.21. The van der Waals surface area contributed by atoms with Crippen molar-refractivity contribution in [2.24, 2.45) is 5.92 Å². The molecule has 2 aromatic carbocycles. The number of amides is 1. The van der Waals surface area contributed by atoms with E-state index in [0.29, 0.717) is 31.2 Å². The lowest BCUT2D eigenvalue weighted by molar-refractivity contribution is 0.0717. The van der Waals surface area contributed by atoms with Gasteiger partial charge in [-0.1, -0.05) is 26.0 Å². The first-order valence-corrected chi connectivity index (χ1v) is 9.72. The Bertz CT molecular complexity index is 884. The minimum atomic E-state index is -0.0624. The first-order valence-electron chi connectivity index (χ1n) is 9.72. The molecule has 1 aromatic heterocycles. The van der Waals surface area contributed by atoms with Crippen LogP contribution in [0.5, 0.6) is 11.5 Å². The van der Waals surface area contributed by atoms with Crippen LogP contribution in [0.4, 0.5) is 0 Å². The molecule has 0 saturated heterocycles. The number of benzene rings is 2. The van der Waals surface area contributed by atoms with Gasteiger partial charge in [-0.2, -0.15) is 0 Å². The van der Waals surface area contributed by atoms with Crippen molar-refractivity contribution in [3.63, 3.8) is 0 Å². The number of rotatable bonds is 9. The summed E-state index contributed by atoms with van der Waals surface area (Å²) in [6.07, 6.45) is 1.62. The molecule has 152 valence electrons. The van der Waals surface area contributed by atoms with Gasteiger partial charge in [0.05, 0.1) is 26.5 Å². The lowest BCUT2D eigenvalue weighted by Gasteiger charge is -2.22. The SMILES string of the molecule is COc1ccc(CN(Cc2ccco2)C(=O)c2ccc(OCC(C)C)cc2)cc1. The summed E-state index contributed by atoms with van der Waals surface area (Å²) in [5.74, 6) is 2.68. The van der Waals surface area contributed by atoms with Crippen LogP contribution in [0.1, 0.15) is 35.5 Å². The zero-order chi connectivity index (χ0) is 20.6. The molecule has 0 bridgehead atoms. The smallest absolute Gasteiger partial charge is 0.254 e. The summed E-state index contributed by atoms with van der Waals surface area (Å²) in [7, 11) is 1.64. The Labute approximate surface area is 171 Å². The van der Waals surface area contributed by atoms with Gasteiger partial charge in [-0.05, 0) is 60.0 Å². The predicted molar refractivity (Wildman–Crippen MR) is 112 cm³/mol. The number of hydrogen-bond acceptors (Lipinski definition) is 4.